The Balaban J connectivity index is 1.47. The van der Waals surface area contributed by atoms with Crippen molar-refractivity contribution >= 4 is 45.6 Å². The van der Waals surface area contributed by atoms with Crippen molar-refractivity contribution in [2.75, 3.05) is 11.9 Å². The number of amides is 1. The van der Waals surface area contributed by atoms with E-state index in [-0.39, 0.29) is 5.91 Å². The van der Waals surface area contributed by atoms with Crippen LogP contribution in [0, 0.1) is 13.8 Å². The third kappa shape index (κ3) is 5.47. The zero-order chi connectivity index (χ0) is 20.1. The van der Waals surface area contributed by atoms with Gasteiger partial charge in [-0.3, -0.25) is 4.79 Å². The molecule has 0 aliphatic heterocycles. The van der Waals surface area contributed by atoms with Crippen molar-refractivity contribution in [2.45, 2.75) is 26.7 Å². The normalized spacial score (nSPS) is 10.7. The lowest BCUT2D eigenvalue weighted by Gasteiger charge is -2.08. The van der Waals surface area contributed by atoms with Gasteiger partial charge in [-0.05, 0) is 55.7 Å². The number of ether oxygens (including phenoxy) is 1. The molecule has 1 N–H and O–H groups in total. The first kappa shape index (κ1) is 20.6. The summed E-state index contributed by atoms with van der Waals surface area (Å²) in [5.74, 6) is 0.469. The number of aryl methyl sites for hydroxylation is 2. The van der Waals surface area contributed by atoms with Gasteiger partial charge in [0, 0.05) is 22.4 Å². The fraction of sp³-hybridized carbons (Fsp3) is 0.238. The van der Waals surface area contributed by atoms with Gasteiger partial charge < -0.3 is 10.1 Å². The van der Waals surface area contributed by atoms with Gasteiger partial charge in [0.15, 0.2) is 5.13 Å². The van der Waals surface area contributed by atoms with E-state index in [1.54, 1.807) is 18.2 Å². The first-order valence-electron chi connectivity index (χ1n) is 8.83. The van der Waals surface area contributed by atoms with E-state index in [4.69, 9.17) is 27.9 Å². The molecular formula is C21H20Cl2N2O2S. The summed E-state index contributed by atoms with van der Waals surface area (Å²) in [5, 5.41) is 6.40. The molecule has 0 aliphatic rings. The maximum absolute atomic E-state index is 12.1. The van der Waals surface area contributed by atoms with E-state index in [0.29, 0.717) is 40.4 Å². The first-order chi connectivity index (χ1) is 13.4. The largest absolute Gasteiger partial charge is 0.492 e. The lowest BCUT2D eigenvalue weighted by atomic mass is 10.1. The molecule has 0 fully saturated rings. The number of nitrogens with one attached hydrogen (secondary N) is 1. The maximum atomic E-state index is 12.1. The number of hydrogen-bond acceptors (Lipinski definition) is 4. The Morgan fingerprint density at radius 3 is 2.71 bits per heavy atom. The molecule has 1 aromatic heterocycles. The summed E-state index contributed by atoms with van der Waals surface area (Å²) < 4.78 is 5.59. The number of nitrogens with zero attached hydrogens (tertiary/aromatic N) is 1. The fourth-order valence-electron chi connectivity index (χ4n) is 2.55. The van der Waals surface area contributed by atoms with Gasteiger partial charge in [-0.1, -0.05) is 35.3 Å². The van der Waals surface area contributed by atoms with E-state index < -0.39 is 0 Å². The Morgan fingerprint density at radius 1 is 1.14 bits per heavy atom. The van der Waals surface area contributed by atoms with Crippen LogP contribution in [0.1, 0.15) is 24.0 Å². The number of carbonyl (C=O) groups is 1. The molecule has 3 rings (SSSR count). The van der Waals surface area contributed by atoms with Gasteiger partial charge in [0.2, 0.25) is 5.91 Å². The zero-order valence-electron chi connectivity index (χ0n) is 15.6. The summed E-state index contributed by atoms with van der Waals surface area (Å²) in [7, 11) is 0. The smallest absolute Gasteiger partial charge is 0.226 e. The Hall–Kier alpha value is -2.08. The van der Waals surface area contributed by atoms with E-state index in [9.17, 15) is 4.79 Å². The van der Waals surface area contributed by atoms with Crippen LogP contribution in [-0.4, -0.2) is 17.5 Å². The third-order valence-electron chi connectivity index (χ3n) is 4.25. The molecular weight excluding hydrogens is 415 g/mol. The van der Waals surface area contributed by atoms with Crippen LogP contribution < -0.4 is 10.1 Å². The van der Waals surface area contributed by atoms with Crippen LogP contribution in [0.15, 0.2) is 41.8 Å². The van der Waals surface area contributed by atoms with Crippen LogP contribution in [0.3, 0.4) is 0 Å². The predicted molar refractivity (Wildman–Crippen MR) is 117 cm³/mol. The van der Waals surface area contributed by atoms with Crippen molar-refractivity contribution in [1.29, 1.82) is 0 Å². The second kappa shape index (κ2) is 9.41. The summed E-state index contributed by atoms with van der Waals surface area (Å²) in [6.07, 6.45) is 0.907. The Kier molecular flexibility index (Phi) is 6.94. The number of benzene rings is 2. The van der Waals surface area contributed by atoms with E-state index in [0.717, 1.165) is 11.3 Å². The molecule has 0 saturated carbocycles. The Bertz CT molecular complexity index is 988. The lowest BCUT2D eigenvalue weighted by Crippen LogP contribution is -2.12. The number of anilines is 1. The predicted octanol–water partition coefficient (Wildman–Crippen LogP) is 6.53. The number of halogens is 2. The summed E-state index contributed by atoms with van der Waals surface area (Å²) in [4.78, 5) is 16.6. The highest BCUT2D eigenvalue weighted by Gasteiger charge is 2.09. The molecule has 7 heteroatoms. The summed E-state index contributed by atoms with van der Waals surface area (Å²) in [6, 6.07) is 11.3. The van der Waals surface area contributed by atoms with Crippen molar-refractivity contribution < 1.29 is 9.53 Å². The number of carbonyl (C=O) groups excluding carboxylic acids is 1. The molecule has 2 aromatic carbocycles. The second-order valence-electron chi connectivity index (χ2n) is 6.41. The van der Waals surface area contributed by atoms with Crippen LogP contribution in [0.2, 0.25) is 10.0 Å². The SMILES string of the molecule is Cc1ccc(-c2csc(NC(=O)CCCOc3ccc(Cl)cc3Cl)n2)cc1C. The van der Waals surface area contributed by atoms with Crippen LogP contribution in [-0.2, 0) is 4.79 Å². The molecule has 1 amide bonds. The third-order valence-corrected chi connectivity index (χ3v) is 5.54. The fourth-order valence-corrected chi connectivity index (χ4v) is 3.75. The number of hydrogen-bond donors (Lipinski definition) is 1. The summed E-state index contributed by atoms with van der Waals surface area (Å²) in [5.41, 5.74) is 4.38. The minimum absolute atomic E-state index is 0.0909. The average molecular weight is 435 g/mol. The number of thiazole rings is 1. The van der Waals surface area contributed by atoms with Gasteiger partial charge in [0.25, 0.3) is 0 Å². The molecule has 3 aromatic rings. The van der Waals surface area contributed by atoms with Gasteiger partial charge in [-0.25, -0.2) is 4.98 Å². The lowest BCUT2D eigenvalue weighted by molar-refractivity contribution is -0.116. The molecule has 0 unspecified atom stereocenters. The molecule has 0 radical (unpaired) electrons. The molecule has 28 heavy (non-hydrogen) atoms. The quantitative estimate of drug-likeness (QED) is 0.429. The van der Waals surface area contributed by atoms with Gasteiger partial charge in [0.05, 0.1) is 17.3 Å². The topological polar surface area (TPSA) is 51.2 Å². The van der Waals surface area contributed by atoms with E-state index in [1.807, 2.05) is 11.4 Å². The summed E-state index contributed by atoms with van der Waals surface area (Å²) >= 11 is 13.3. The highest BCUT2D eigenvalue weighted by atomic mass is 35.5. The highest BCUT2D eigenvalue weighted by molar-refractivity contribution is 7.14. The maximum Gasteiger partial charge on any atom is 0.226 e. The minimum atomic E-state index is -0.0909. The van der Waals surface area contributed by atoms with Crippen LogP contribution in [0.4, 0.5) is 5.13 Å². The molecule has 0 atom stereocenters. The Morgan fingerprint density at radius 2 is 1.96 bits per heavy atom. The van der Waals surface area contributed by atoms with Gasteiger partial charge in [-0.2, -0.15) is 0 Å². The monoisotopic (exact) mass is 434 g/mol. The zero-order valence-corrected chi connectivity index (χ0v) is 17.9. The van der Waals surface area contributed by atoms with Gasteiger partial charge in [0.1, 0.15) is 5.75 Å². The van der Waals surface area contributed by atoms with Gasteiger partial charge >= 0.3 is 0 Å². The van der Waals surface area contributed by atoms with E-state index in [2.05, 4.69) is 36.3 Å². The molecule has 0 saturated heterocycles. The molecule has 0 aliphatic carbocycles. The summed E-state index contributed by atoms with van der Waals surface area (Å²) in [6.45, 7) is 4.55. The van der Waals surface area contributed by atoms with Crippen molar-refractivity contribution in [1.82, 2.24) is 4.98 Å². The minimum Gasteiger partial charge on any atom is -0.492 e. The van der Waals surface area contributed by atoms with Crippen LogP contribution >= 0.6 is 34.5 Å². The molecule has 1 heterocycles. The molecule has 146 valence electrons. The van der Waals surface area contributed by atoms with Crippen molar-refractivity contribution in [3.05, 3.63) is 63.0 Å². The van der Waals surface area contributed by atoms with Gasteiger partial charge in [-0.15, -0.1) is 11.3 Å². The van der Waals surface area contributed by atoms with Crippen molar-refractivity contribution in [3.8, 4) is 17.0 Å². The molecule has 4 nitrogen and oxygen atoms in total. The first-order valence-corrected chi connectivity index (χ1v) is 10.5. The number of rotatable bonds is 7. The molecule has 0 bridgehead atoms. The van der Waals surface area contributed by atoms with Crippen molar-refractivity contribution in [2.24, 2.45) is 0 Å². The van der Waals surface area contributed by atoms with Crippen LogP contribution in [0.5, 0.6) is 5.75 Å². The molecule has 0 spiro atoms. The average Bonchev–Trinajstić information content (AvgIpc) is 3.11. The van der Waals surface area contributed by atoms with E-state index in [1.165, 1.54) is 22.5 Å². The van der Waals surface area contributed by atoms with Crippen LogP contribution in [0.25, 0.3) is 11.3 Å². The number of aromatic nitrogens is 1. The Labute approximate surface area is 178 Å². The highest BCUT2D eigenvalue weighted by Crippen LogP contribution is 2.28. The standard InChI is InChI=1S/C21H20Cl2N2O2S/c1-13-5-6-15(10-14(13)2)18-12-28-21(24-18)25-20(26)4-3-9-27-19-8-7-16(22)11-17(19)23/h5-8,10-12H,3-4,9H2,1-2H3,(H,24,25,26). The second-order valence-corrected chi connectivity index (χ2v) is 8.11. The van der Waals surface area contributed by atoms with E-state index >= 15 is 0 Å². The van der Waals surface area contributed by atoms with Crippen molar-refractivity contribution in [3.63, 3.8) is 0 Å².